The van der Waals surface area contributed by atoms with E-state index in [1.165, 1.54) is 15.7 Å². The van der Waals surface area contributed by atoms with E-state index in [1.807, 2.05) is 6.92 Å². The molecule has 0 spiro atoms. The second-order valence-corrected chi connectivity index (χ2v) is 11.5. The second kappa shape index (κ2) is 10.1. The molecule has 1 aliphatic rings. The van der Waals surface area contributed by atoms with Gasteiger partial charge in [-0.05, 0) is 25.1 Å². The van der Waals surface area contributed by atoms with Crippen molar-refractivity contribution in [2.45, 2.75) is 18.4 Å². The van der Waals surface area contributed by atoms with Crippen LogP contribution < -0.4 is 10.1 Å². The highest BCUT2D eigenvalue weighted by Gasteiger charge is 2.30. The maximum atomic E-state index is 13.4. The molecule has 10 heteroatoms. The molecule has 0 aromatic heterocycles. The van der Waals surface area contributed by atoms with Crippen LogP contribution >= 0.6 is 0 Å². The smallest absolute Gasteiger partial charge is 0.243 e. The zero-order valence-electron chi connectivity index (χ0n) is 17.8. The van der Waals surface area contributed by atoms with Crippen LogP contribution in [-0.2, 0) is 26.6 Å². The lowest BCUT2D eigenvalue weighted by Crippen LogP contribution is -2.48. The lowest BCUT2D eigenvalue weighted by atomic mass is 10.2. The number of benzene rings is 2. The van der Waals surface area contributed by atoms with Gasteiger partial charge in [0.1, 0.15) is 5.75 Å². The molecule has 0 radical (unpaired) electrons. The first kappa shape index (κ1) is 23.7. The van der Waals surface area contributed by atoms with Crippen molar-refractivity contribution in [1.29, 1.82) is 0 Å². The van der Waals surface area contributed by atoms with Gasteiger partial charge in [0.05, 0.1) is 17.8 Å². The van der Waals surface area contributed by atoms with E-state index in [4.69, 9.17) is 4.74 Å². The third kappa shape index (κ3) is 5.83. The van der Waals surface area contributed by atoms with Gasteiger partial charge in [-0.1, -0.05) is 35.9 Å². The Hall–Kier alpha value is -1.98. The second-order valence-electron chi connectivity index (χ2n) is 7.43. The Morgan fingerprint density at radius 1 is 1.00 bits per heavy atom. The summed E-state index contributed by atoms with van der Waals surface area (Å²) in [7, 11) is -5.97. The number of ether oxygens (including phenoxy) is 1. The number of aryl methyl sites for hydroxylation is 1. The zero-order valence-corrected chi connectivity index (χ0v) is 19.5. The number of para-hydroxylation sites is 1. The van der Waals surface area contributed by atoms with Crippen LogP contribution in [0.1, 0.15) is 11.1 Å². The topological polar surface area (TPSA) is 96.0 Å². The summed E-state index contributed by atoms with van der Waals surface area (Å²) >= 11 is 0. The summed E-state index contributed by atoms with van der Waals surface area (Å²) in [6, 6.07) is 13.7. The maximum absolute atomic E-state index is 13.4. The molecule has 0 aliphatic carbocycles. The number of methoxy groups -OCH3 is 1. The summed E-state index contributed by atoms with van der Waals surface area (Å²) < 4.78 is 60.5. The van der Waals surface area contributed by atoms with Crippen LogP contribution in [0.3, 0.4) is 0 Å². The molecule has 0 unspecified atom stereocenters. The van der Waals surface area contributed by atoms with E-state index < -0.39 is 20.0 Å². The van der Waals surface area contributed by atoms with Crippen molar-refractivity contribution in [3.63, 3.8) is 0 Å². The standard InChI is InChI=1S/C21H29N3O5S2/c1-18-7-9-20(10-8-18)31(27,28)24(17-19-5-3-4-6-21(19)29-2)15-16-30(25,26)23-13-11-22-12-14-23/h3-10,22H,11-17H2,1-2H3. The fourth-order valence-corrected chi connectivity index (χ4v) is 6.42. The van der Waals surface area contributed by atoms with Gasteiger partial charge < -0.3 is 10.1 Å². The Morgan fingerprint density at radius 2 is 1.65 bits per heavy atom. The molecule has 1 N–H and O–H groups in total. The first-order valence-corrected chi connectivity index (χ1v) is 13.2. The summed E-state index contributed by atoms with van der Waals surface area (Å²) in [6.07, 6.45) is 0. The van der Waals surface area contributed by atoms with Gasteiger partial charge in [-0.25, -0.2) is 16.8 Å². The molecule has 1 heterocycles. The average Bonchev–Trinajstić information content (AvgIpc) is 2.77. The quantitative estimate of drug-likeness (QED) is 0.599. The minimum Gasteiger partial charge on any atom is -0.496 e. The average molecular weight is 468 g/mol. The van der Waals surface area contributed by atoms with Crippen LogP contribution in [0.25, 0.3) is 0 Å². The van der Waals surface area contributed by atoms with Crippen molar-refractivity contribution in [3.8, 4) is 5.75 Å². The predicted octanol–water partition coefficient (Wildman–Crippen LogP) is 1.43. The first-order valence-electron chi connectivity index (χ1n) is 10.1. The van der Waals surface area contributed by atoms with E-state index in [9.17, 15) is 16.8 Å². The van der Waals surface area contributed by atoms with E-state index in [2.05, 4.69) is 5.32 Å². The Balaban J connectivity index is 1.89. The van der Waals surface area contributed by atoms with Crippen LogP contribution in [0.2, 0.25) is 0 Å². The van der Waals surface area contributed by atoms with Crippen molar-refractivity contribution in [3.05, 3.63) is 59.7 Å². The minimum atomic E-state index is -3.91. The van der Waals surface area contributed by atoms with E-state index in [0.29, 0.717) is 37.5 Å². The van der Waals surface area contributed by atoms with E-state index in [0.717, 1.165) is 5.56 Å². The van der Waals surface area contributed by atoms with Crippen LogP contribution in [0, 0.1) is 6.92 Å². The van der Waals surface area contributed by atoms with Crippen molar-refractivity contribution in [2.75, 3.05) is 45.6 Å². The molecule has 170 valence electrons. The third-order valence-electron chi connectivity index (χ3n) is 5.27. The molecule has 0 bridgehead atoms. The fourth-order valence-electron chi connectivity index (χ4n) is 3.44. The van der Waals surface area contributed by atoms with Crippen molar-refractivity contribution < 1.29 is 21.6 Å². The summed E-state index contributed by atoms with van der Waals surface area (Å²) in [5.41, 5.74) is 1.61. The molecule has 3 rings (SSSR count). The lowest BCUT2D eigenvalue weighted by Gasteiger charge is -2.28. The number of nitrogens with zero attached hydrogens (tertiary/aromatic N) is 2. The van der Waals surface area contributed by atoms with Crippen LogP contribution in [0.4, 0.5) is 0 Å². The number of hydrogen-bond donors (Lipinski definition) is 1. The van der Waals surface area contributed by atoms with E-state index >= 15 is 0 Å². The monoisotopic (exact) mass is 467 g/mol. The SMILES string of the molecule is COc1ccccc1CN(CCS(=O)(=O)N1CCNCC1)S(=O)(=O)c1ccc(C)cc1. The fraction of sp³-hybridized carbons (Fsp3) is 0.429. The molecular formula is C21H29N3O5S2. The highest BCUT2D eigenvalue weighted by atomic mass is 32.2. The van der Waals surface area contributed by atoms with Crippen molar-refractivity contribution >= 4 is 20.0 Å². The van der Waals surface area contributed by atoms with Crippen molar-refractivity contribution in [1.82, 2.24) is 13.9 Å². The molecular weight excluding hydrogens is 438 g/mol. The molecule has 0 amide bonds. The van der Waals surface area contributed by atoms with Crippen LogP contribution in [-0.4, -0.2) is 71.0 Å². The van der Waals surface area contributed by atoms with Gasteiger partial charge in [-0.15, -0.1) is 0 Å². The molecule has 31 heavy (non-hydrogen) atoms. The predicted molar refractivity (Wildman–Crippen MR) is 120 cm³/mol. The van der Waals surface area contributed by atoms with Gasteiger partial charge >= 0.3 is 0 Å². The summed E-state index contributed by atoms with van der Waals surface area (Å²) in [6.45, 7) is 3.69. The number of piperazine rings is 1. The normalized spacial score (nSPS) is 15.8. The molecule has 2 aromatic rings. The molecule has 8 nitrogen and oxygen atoms in total. The van der Waals surface area contributed by atoms with Gasteiger partial charge in [-0.2, -0.15) is 8.61 Å². The lowest BCUT2D eigenvalue weighted by molar-refractivity contribution is 0.354. The highest BCUT2D eigenvalue weighted by Crippen LogP contribution is 2.24. The van der Waals surface area contributed by atoms with Gasteiger partial charge in [0.15, 0.2) is 0 Å². The largest absolute Gasteiger partial charge is 0.496 e. The highest BCUT2D eigenvalue weighted by molar-refractivity contribution is 7.90. The third-order valence-corrected chi connectivity index (χ3v) is 8.98. The van der Waals surface area contributed by atoms with Crippen LogP contribution in [0.15, 0.2) is 53.4 Å². The molecule has 1 aliphatic heterocycles. The van der Waals surface area contributed by atoms with Gasteiger partial charge in [0, 0.05) is 44.8 Å². The van der Waals surface area contributed by atoms with Gasteiger partial charge in [-0.3, -0.25) is 0 Å². The Morgan fingerprint density at radius 3 is 2.29 bits per heavy atom. The number of sulfonamides is 2. The first-order chi connectivity index (χ1) is 14.7. The number of nitrogens with one attached hydrogen (secondary N) is 1. The van der Waals surface area contributed by atoms with Gasteiger partial charge in [0.2, 0.25) is 20.0 Å². The number of rotatable bonds is 9. The van der Waals surface area contributed by atoms with Gasteiger partial charge in [0.25, 0.3) is 0 Å². The summed E-state index contributed by atoms with van der Waals surface area (Å²) in [5.74, 6) is 0.268. The molecule has 2 aromatic carbocycles. The number of hydrogen-bond acceptors (Lipinski definition) is 6. The van der Waals surface area contributed by atoms with Crippen molar-refractivity contribution in [2.24, 2.45) is 0 Å². The Bertz CT molecular complexity index is 1080. The minimum absolute atomic E-state index is 0.0112. The molecule has 1 fully saturated rings. The Labute approximate surface area is 184 Å². The summed E-state index contributed by atoms with van der Waals surface area (Å²) in [4.78, 5) is 0.132. The Kier molecular flexibility index (Phi) is 7.71. The molecule has 1 saturated heterocycles. The van der Waals surface area contributed by atoms with Crippen LogP contribution in [0.5, 0.6) is 5.75 Å². The van der Waals surface area contributed by atoms with E-state index in [-0.39, 0.29) is 23.7 Å². The molecule has 0 atom stereocenters. The van der Waals surface area contributed by atoms with E-state index in [1.54, 1.807) is 48.5 Å². The maximum Gasteiger partial charge on any atom is 0.243 e. The summed E-state index contributed by atoms with van der Waals surface area (Å²) in [5, 5.41) is 3.12. The zero-order chi connectivity index (χ0) is 22.5. The molecule has 0 saturated carbocycles.